The maximum absolute atomic E-state index is 11.1. The van der Waals surface area contributed by atoms with Crippen molar-refractivity contribution < 1.29 is 19.1 Å². The van der Waals surface area contributed by atoms with Crippen molar-refractivity contribution in [2.45, 2.75) is 13.3 Å². The van der Waals surface area contributed by atoms with Gasteiger partial charge in [-0.25, -0.2) is 4.79 Å². The zero-order valence-electron chi connectivity index (χ0n) is 9.41. The quantitative estimate of drug-likeness (QED) is 0.295. The van der Waals surface area contributed by atoms with Crippen LogP contribution in [-0.2, 0) is 19.1 Å². The van der Waals surface area contributed by atoms with Crippen molar-refractivity contribution in [2.24, 2.45) is 5.73 Å². The minimum Gasteiger partial charge on any atom is -0.463 e. The largest absolute Gasteiger partial charge is 0.463 e. The zero-order valence-corrected chi connectivity index (χ0v) is 9.41. The number of nitrogens with one attached hydrogen (secondary N) is 2. The van der Waals surface area contributed by atoms with E-state index < -0.39 is 5.97 Å². The molecule has 0 aliphatic rings. The van der Waals surface area contributed by atoms with Crippen molar-refractivity contribution in [3.05, 3.63) is 11.9 Å². The second-order valence-electron chi connectivity index (χ2n) is 2.77. The summed E-state index contributed by atoms with van der Waals surface area (Å²) in [6, 6.07) is 0. The Hall–Kier alpha value is -1.76. The third-order valence-electron chi connectivity index (χ3n) is 1.44. The van der Waals surface area contributed by atoms with E-state index in [0.717, 1.165) is 6.08 Å². The molecule has 16 heavy (non-hydrogen) atoms. The van der Waals surface area contributed by atoms with Gasteiger partial charge in [-0.2, -0.15) is 0 Å². The highest BCUT2D eigenvalue weighted by atomic mass is 16.5. The number of hydrazine groups is 1. The summed E-state index contributed by atoms with van der Waals surface area (Å²) >= 11 is 0. The van der Waals surface area contributed by atoms with E-state index in [4.69, 9.17) is 10.5 Å². The molecule has 0 spiro atoms. The molecule has 0 heterocycles. The summed E-state index contributed by atoms with van der Waals surface area (Å²) in [6.07, 6.45) is 1.25. The van der Waals surface area contributed by atoms with Gasteiger partial charge in [0, 0.05) is 7.11 Å². The van der Waals surface area contributed by atoms with Gasteiger partial charge in [0.15, 0.2) is 0 Å². The number of carbonyl (C=O) groups excluding carboxylic acids is 2. The first-order chi connectivity index (χ1) is 7.60. The number of nitrogens with two attached hydrogens (primary N) is 1. The molecule has 0 aromatic heterocycles. The van der Waals surface area contributed by atoms with Crippen LogP contribution in [0.4, 0.5) is 0 Å². The molecule has 0 rings (SSSR count). The summed E-state index contributed by atoms with van der Waals surface area (Å²) in [5, 5.41) is 0. The minimum absolute atomic E-state index is 0.00390. The van der Waals surface area contributed by atoms with Crippen LogP contribution in [0.1, 0.15) is 13.3 Å². The Bertz CT molecular complexity index is 265. The first-order valence-electron chi connectivity index (χ1n) is 4.77. The van der Waals surface area contributed by atoms with Crippen LogP contribution >= 0.6 is 0 Å². The fourth-order valence-electron chi connectivity index (χ4n) is 0.746. The van der Waals surface area contributed by atoms with Crippen molar-refractivity contribution >= 4 is 11.9 Å². The fraction of sp³-hybridized carbons (Fsp3) is 0.556. The SMILES string of the molecule is CCOC(=O)/C=C(/N)NNC(=O)CCOC. The van der Waals surface area contributed by atoms with Gasteiger partial charge in [0.05, 0.1) is 25.7 Å². The fourth-order valence-corrected chi connectivity index (χ4v) is 0.746. The molecular formula is C9H17N3O4. The van der Waals surface area contributed by atoms with Gasteiger partial charge in [-0.15, -0.1) is 0 Å². The highest BCUT2D eigenvalue weighted by Gasteiger charge is 2.01. The minimum atomic E-state index is -0.571. The van der Waals surface area contributed by atoms with Gasteiger partial charge < -0.3 is 15.2 Å². The lowest BCUT2D eigenvalue weighted by atomic mass is 10.4. The Morgan fingerprint density at radius 2 is 2.06 bits per heavy atom. The van der Waals surface area contributed by atoms with E-state index in [0.29, 0.717) is 6.61 Å². The van der Waals surface area contributed by atoms with Crippen molar-refractivity contribution in [3.8, 4) is 0 Å². The molecule has 1 amide bonds. The first-order valence-corrected chi connectivity index (χ1v) is 4.77. The predicted octanol–water partition coefficient (Wildman–Crippen LogP) is -0.993. The number of carbonyl (C=O) groups is 2. The van der Waals surface area contributed by atoms with E-state index in [2.05, 4.69) is 15.6 Å². The molecule has 0 atom stereocenters. The number of hydrogen-bond acceptors (Lipinski definition) is 6. The van der Waals surface area contributed by atoms with Gasteiger partial charge in [0.2, 0.25) is 5.91 Å². The lowest BCUT2D eigenvalue weighted by Crippen LogP contribution is -2.40. The molecule has 92 valence electrons. The van der Waals surface area contributed by atoms with Crippen LogP contribution < -0.4 is 16.6 Å². The highest BCUT2D eigenvalue weighted by molar-refractivity contribution is 5.82. The second kappa shape index (κ2) is 8.54. The van der Waals surface area contributed by atoms with Crippen LogP contribution in [0.25, 0.3) is 0 Å². The summed E-state index contributed by atoms with van der Waals surface area (Å²) in [5.74, 6) is -0.857. The van der Waals surface area contributed by atoms with Crippen LogP contribution in [0, 0.1) is 0 Å². The predicted molar refractivity (Wildman–Crippen MR) is 56.7 cm³/mol. The number of rotatable bonds is 7. The highest BCUT2D eigenvalue weighted by Crippen LogP contribution is 1.83. The van der Waals surface area contributed by atoms with Gasteiger partial charge in [-0.05, 0) is 6.92 Å². The summed E-state index contributed by atoms with van der Waals surface area (Å²) in [7, 11) is 1.50. The van der Waals surface area contributed by atoms with Crippen molar-refractivity contribution in [1.29, 1.82) is 0 Å². The monoisotopic (exact) mass is 231 g/mol. The van der Waals surface area contributed by atoms with E-state index in [1.807, 2.05) is 0 Å². The molecular weight excluding hydrogens is 214 g/mol. The van der Waals surface area contributed by atoms with E-state index >= 15 is 0 Å². The Morgan fingerprint density at radius 1 is 1.38 bits per heavy atom. The Kier molecular flexibility index (Phi) is 7.60. The molecule has 0 radical (unpaired) electrons. The topological polar surface area (TPSA) is 103 Å². The van der Waals surface area contributed by atoms with Crippen LogP contribution in [0.5, 0.6) is 0 Å². The van der Waals surface area contributed by atoms with E-state index in [1.165, 1.54) is 7.11 Å². The van der Waals surface area contributed by atoms with Crippen LogP contribution in [0.2, 0.25) is 0 Å². The lowest BCUT2D eigenvalue weighted by Gasteiger charge is -2.07. The molecule has 7 heteroatoms. The average molecular weight is 231 g/mol. The smallest absolute Gasteiger partial charge is 0.334 e. The maximum Gasteiger partial charge on any atom is 0.334 e. The number of amides is 1. The zero-order chi connectivity index (χ0) is 12.4. The third-order valence-corrected chi connectivity index (χ3v) is 1.44. The normalized spacial score (nSPS) is 10.8. The summed E-state index contributed by atoms with van der Waals surface area (Å²) < 4.78 is 9.32. The van der Waals surface area contributed by atoms with Crippen molar-refractivity contribution in [2.75, 3.05) is 20.3 Å². The molecule has 0 aromatic rings. The molecule has 0 unspecified atom stereocenters. The van der Waals surface area contributed by atoms with Crippen LogP contribution in [0.3, 0.4) is 0 Å². The molecule has 4 N–H and O–H groups in total. The van der Waals surface area contributed by atoms with Gasteiger partial charge >= 0.3 is 5.97 Å². The Labute approximate surface area is 93.9 Å². The molecule has 7 nitrogen and oxygen atoms in total. The average Bonchev–Trinajstić information content (AvgIpc) is 2.23. The van der Waals surface area contributed by atoms with Crippen molar-refractivity contribution in [3.63, 3.8) is 0 Å². The van der Waals surface area contributed by atoms with Gasteiger partial charge in [0.25, 0.3) is 0 Å². The molecule has 0 bridgehead atoms. The molecule has 0 aliphatic heterocycles. The molecule has 0 aromatic carbocycles. The van der Waals surface area contributed by atoms with Gasteiger partial charge in [-0.3, -0.25) is 15.6 Å². The summed E-state index contributed by atoms with van der Waals surface area (Å²) in [4.78, 5) is 22.0. The lowest BCUT2D eigenvalue weighted by molar-refractivity contribution is -0.137. The molecule has 0 saturated carbocycles. The van der Waals surface area contributed by atoms with Gasteiger partial charge in [-0.1, -0.05) is 0 Å². The third kappa shape index (κ3) is 7.63. The molecule has 0 fully saturated rings. The Morgan fingerprint density at radius 3 is 2.62 bits per heavy atom. The standard InChI is InChI=1S/C9H17N3O4/c1-3-16-9(14)6-7(10)11-12-8(13)4-5-15-2/h6,11H,3-5,10H2,1-2H3,(H,12,13)/b7-6-. The number of hydrogen-bond donors (Lipinski definition) is 3. The second-order valence-corrected chi connectivity index (χ2v) is 2.77. The van der Waals surface area contributed by atoms with Gasteiger partial charge in [0.1, 0.15) is 5.82 Å². The van der Waals surface area contributed by atoms with Crippen LogP contribution in [0.15, 0.2) is 11.9 Å². The Balaban J connectivity index is 3.83. The van der Waals surface area contributed by atoms with Crippen molar-refractivity contribution in [1.82, 2.24) is 10.9 Å². The summed E-state index contributed by atoms with van der Waals surface area (Å²) in [6.45, 7) is 2.26. The van der Waals surface area contributed by atoms with E-state index in [1.54, 1.807) is 6.92 Å². The number of ether oxygens (including phenoxy) is 2. The summed E-state index contributed by atoms with van der Waals surface area (Å²) in [5.41, 5.74) is 10.0. The first kappa shape index (κ1) is 14.2. The van der Waals surface area contributed by atoms with Crippen LogP contribution in [-0.4, -0.2) is 32.2 Å². The van der Waals surface area contributed by atoms with E-state index in [9.17, 15) is 9.59 Å². The number of esters is 1. The molecule has 0 aliphatic carbocycles. The number of methoxy groups -OCH3 is 1. The maximum atomic E-state index is 11.1. The van der Waals surface area contributed by atoms with E-state index in [-0.39, 0.29) is 24.8 Å². The molecule has 0 saturated heterocycles.